The minimum absolute atomic E-state index is 0.0216. The molecule has 1 saturated heterocycles. The molecule has 2 rings (SSSR count). The number of benzene rings is 1. The Bertz CT molecular complexity index is 700. The van der Waals surface area contributed by atoms with E-state index >= 15 is 0 Å². The molecule has 142 valence electrons. The summed E-state index contributed by atoms with van der Waals surface area (Å²) in [7, 11) is 0. The summed E-state index contributed by atoms with van der Waals surface area (Å²) in [6, 6.07) is 1.86. The molecule has 0 atom stereocenters. The Hall–Kier alpha value is -2.65. The maximum absolute atomic E-state index is 13.2. The van der Waals surface area contributed by atoms with Crippen LogP contribution < -0.4 is 10.6 Å². The number of nitrogens with zero attached hydrogens (tertiary/aromatic N) is 1. The average Bonchev–Trinajstić information content (AvgIpc) is 3.10. The van der Waals surface area contributed by atoms with Crippen LogP contribution in [0, 0.1) is 5.82 Å². The summed E-state index contributed by atoms with van der Waals surface area (Å²) in [4.78, 5) is 36.8. The van der Waals surface area contributed by atoms with E-state index < -0.39 is 29.4 Å². The smallest absolute Gasteiger partial charge is 0.347 e. The fraction of sp³-hybridized carbons (Fsp3) is 0.438. The van der Waals surface area contributed by atoms with Gasteiger partial charge >= 0.3 is 18.0 Å². The van der Waals surface area contributed by atoms with E-state index in [2.05, 4.69) is 5.32 Å². The average molecular weight is 375 g/mol. The van der Waals surface area contributed by atoms with Crippen molar-refractivity contribution >= 4 is 23.4 Å². The molecule has 1 aliphatic heterocycles. The molecule has 0 radical (unpaired) electrons. The van der Waals surface area contributed by atoms with E-state index in [9.17, 15) is 31.9 Å². The number of carbonyl (C=O) groups is 3. The number of anilines is 1. The Morgan fingerprint density at radius 2 is 1.73 bits per heavy atom. The van der Waals surface area contributed by atoms with Crippen LogP contribution in [0.25, 0.3) is 0 Å². The molecule has 1 aromatic rings. The maximum Gasteiger partial charge on any atom is 0.419 e. The minimum atomic E-state index is -4.93. The van der Waals surface area contributed by atoms with Crippen molar-refractivity contribution < 1.29 is 31.9 Å². The highest BCUT2D eigenvalue weighted by Crippen LogP contribution is 2.32. The fourth-order valence-electron chi connectivity index (χ4n) is 2.50. The summed E-state index contributed by atoms with van der Waals surface area (Å²) >= 11 is 0. The van der Waals surface area contributed by atoms with Gasteiger partial charge in [0.25, 0.3) is 0 Å². The van der Waals surface area contributed by atoms with E-state index in [0.717, 1.165) is 18.9 Å². The summed E-state index contributed by atoms with van der Waals surface area (Å²) in [6.07, 6.45) is -3.05. The zero-order valence-corrected chi connectivity index (χ0v) is 13.7. The molecular weight excluding hydrogens is 358 g/mol. The molecular formula is C16H17F4N3O3. The maximum atomic E-state index is 13.2. The van der Waals surface area contributed by atoms with Gasteiger partial charge in [-0.3, -0.25) is 14.4 Å². The molecule has 0 aliphatic carbocycles. The molecule has 1 heterocycles. The van der Waals surface area contributed by atoms with Crippen molar-refractivity contribution in [2.75, 3.05) is 25.0 Å². The number of hydrogen-bond acceptors (Lipinski definition) is 3. The quantitative estimate of drug-likeness (QED) is 0.623. The number of rotatable bonds is 4. The Labute approximate surface area is 146 Å². The van der Waals surface area contributed by atoms with Crippen molar-refractivity contribution in [3.63, 3.8) is 0 Å². The highest BCUT2D eigenvalue weighted by molar-refractivity contribution is 6.39. The normalized spacial score (nSPS) is 14.2. The van der Waals surface area contributed by atoms with Gasteiger partial charge in [0.1, 0.15) is 5.82 Å². The number of hydrogen-bond donors (Lipinski definition) is 2. The second kappa shape index (κ2) is 8.15. The lowest BCUT2D eigenvalue weighted by Crippen LogP contribution is -2.38. The third kappa shape index (κ3) is 5.17. The van der Waals surface area contributed by atoms with Gasteiger partial charge in [-0.05, 0) is 31.0 Å². The molecule has 1 fully saturated rings. The van der Waals surface area contributed by atoms with Gasteiger partial charge in [0.2, 0.25) is 5.91 Å². The van der Waals surface area contributed by atoms with Crippen LogP contribution in [-0.2, 0) is 20.6 Å². The number of carbonyl (C=O) groups excluding carboxylic acids is 3. The van der Waals surface area contributed by atoms with Crippen LogP contribution in [0.2, 0.25) is 0 Å². The van der Waals surface area contributed by atoms with E-state index in [1.807, 2.05) is 5.32 Å². The molecule has 26 heavy (non-hydrogen) atoms. The molecule has 0 aromatic heterocycles. The van der Waals surface area contributed by atoms with E-state index in [1.165, 1.54) is 0 Å². The number of halogens is 4. The largest absolute Gasteiger partial charge is 0.419 e. The van der Waals surface area contributed by atoms with Crippen molar-refractivity contribution in [3.8, 4) is 0 Å². The molecule has 0 spiro atoms. The van der Waals surface area contributed by atoms with Crippen LogP contribution in [0.3, 0.4) is 0 Å². The molecule has 10 heteroatoms. The first-order chi connectivity index (χ1) is 12.2. The van der Waals surface area contributed by atoms with Gasteiger partial charge in [-0.15, -0.1) is 0 Å². The first-order valence-electron chi connectivity index (χ1n) is 7.92. The Morgan fingerprint density at radius 3 is 2.35 bits per heavy atom. The highest BCUT2D eigenvalue weighted by atomic mass is 19.4. The number of amides is 3. The van der Waals surface area contributed by atoms with Gasteiger partial charge in [0.15, 0.2) is 0 Å². The van der Waals surface area contributed by atoms with Crippen LogP contribution in [0.15, 0.2) is 18.2 Å². The van der Waals surface area contributed by atoms with Crippen molar-refractivity contribution in [3.05, 3.63) is 29.6 Å². The lowest BCUT2D eigenvalue weighted by atomic mass is 10.2. The highest BCUT2D eigenvalue weighted by Gasteiger charge is 2.34. The first-order valence-corrected chi connectivity index (χ1v) is 7.92. The SMILES string of the molecule is O=C(NCCC(=O)N1CCCC1)C(=O)Nc1ccc(F)c(C(F)(F)F)c1. The minimum Gasteiger partial charge on any atom is -0.347 e. The van der Waals surface area contributed by atoms with E-state index in [4.69, 9.17) is 0 Å². The van der Waals surface area contributed by atoms with Crippen LogP contribution in [0.1, 0.15) is 24.8 Å². The van der Waals surface area contributed by atoms with Gasteiger partial charge in [-0.1, -0.05) is 0 Å². The van der Waals surface area contributed by atoms with Crippen molar-refractivity contribution in [2.24, 2.45) is 0 Å². The summed E-state index contributed by atoms with van der Waals surface area (Å²) in [5.41, 5.74) is -1.92. The summed E-state index contributed by atoms with van der Waals surface area (Å²) in [5.74, 6) is -3.94. The number of alkyl halides is 3. The number of likely N-dealkylation sites (tertiary alicyclic amines) is 1. The van der Waals surface area contributed by atoms with E-state index in [1.54, 1.807) is 4.90 Å². The van der Waals surface area contributed by atoms with Crippen molar-refractivity contribution in [2.45, 2.75) is 25.4 Å². The third-order valence-corrected chi connectivity index (χ3v) is 3.82. The number of nitrogens with one attached hydrogen (secondary N) is 2. The van der Waals surface area contributed by atoms with Crippen LogP contribution in [0.4, 0.5) is 23.2 Å². The molecule has 0 unspecified atom stereocenters. The lowest BCUT2D eigenvalue weighted by molar-refractivity contribution is -0.140. The predicted octanol–water partition coefficient (Wildman–Crippen LogP) is 1.91. The zero-order chi connectivity index (χ0) is 19.3. The van der Waals surface area contributed by atoms with Gasteiger partial charge in [-0.2, -0.15) is 13.2 Å². The van der Waals surface area contributed by atoms with Gasteiger partial charge in [0, 0.05) is 31.7 Å². The summed E-state index contributed by atoms with van der Waals surface area (Å²) < 4.78 is 51.1. The Morgan fingerprint density at radius 1 is 1.08 bits per heavy atom. The summed E-state index contributed by atoms with van der Waals surface area (Å²) in [6.45, 7) is 1.26. The Kier molecular flexibility index (Phi) is 6.17. The van der Waals surface area contributed by atoms with E-state index in [-0.39, 0.29) is 24.6 Å². The van der Waals surface area contributed by atoms with Gasteiger partial charge in [0.05, 0.1) is 5.56 Å². The fourth-order valence-corrected chi connectivity index (χ4v) is 2.50. The molecule has 0 saturated carbocycles. The monoisotopic (exact) mass is 375 g/mol. The molecule has 1 aliphatic rings. The molecule has 6 nitrogen and oxygen atoms in total. The van der Waals surface area contributed by atoms with Crippen LogP contribution in [-0.4, -0.2) is 42.3 Å². The molecule has 1 aromatic carbocycles. The second-order valence-electron chi connectivity index (χ2n) is 5.74. The molecule has 3 amide bonds. The second-order valence-corrected chi connectivity index (χ2v) is 5.74. The third-order valence-electron chi connectivity index (χ3n) is 3.82. The summed E-state index contributed by atoms with van der Waals surface area (Å²) in [5, 5.41) is 4.18. The van der Waals surface area contributed by atoms with Gasteiger partial charge in [-0.25, -0.2) is 4.39 Å². The predicted molar refractivity (Wildman–Crippen MR) is 83.5 cm³/mol. The topological polar surface area (TPSA) is 78.5 Å². The Balaban J connectivity index is 1.85. The zero-order valence-electron chi connectivity index (χ0n) is 13.7. The van der Waals surface area contributed by atoms with Crippen LogP contribution >= 0.6 is 0 Å². The van der Waals surface area contributed by atoms with E-state index in [0.29, 0.717) is 25.2 Å². The lowest BCUT2D eigenvalue weighted by Gasteiger charge is -2.15. The van der Waals surface area contributed by atoms with Crippen molar-refractivity contribution in [1.29, 1.82) is 0 Å². The first kappa shape index (κ1) is 19.7. The van der Waals surface area contributed by atoms with Crippen LogP contribution in [0.5, 0.6) is 0 Å². The molecule has 2 N–H and O–H groups in total. The van der Waals surface area contributed by atoms with Crippen molar-refractivity contribution in [1.82, 2.24) is 10.2 Å². The molecule has 0 bridgehead atoms. The van der Waals surface area contributed by atoms with Gasteiger partial charge < -0.3 is 15.5 Å². The standard InChI is InChI=1S/C16H17F4N3O3/c17-12-4-3-10(9-11(12)16(18,19)20)22-15(26)14(25)21-6-5-13(24)23-7-1-2-8-23/h3-4,9H,1-2,5-8H2,(H,21,25)(H,22,26).